The van der Waals surface area contributed by atoms with Gasteiger partial charge in [-0.3, -0.25) is 4.79 Å². The van der Waals surface area contributed by atoms with Crippen LogP contribution in [0, 0.1) is 0 Å². The van der Waals surface area contributed by atoms with Crippen LogP contribution in [0.5, 0.6) is 0 Å². The van der Waals surface area contributed by atoms with Crippen LogP contribution in [0.1, 0.15) is 31.7 Å². The van der Waals surface area contributed by atoms with Crippen LogP contribution in [0.15, 0.2) is 67.3 Å². The molecule has 1 aromatic carbocycles. The Morgan fingerprint density at radius 2 is 1.90 bits per heavy atom. The van der Waals surface area contributed by atoms with E-state index in [4.69, 9.17) is 0 Å². The molecule has 0 saturated heterocycles. The largest absolute Gasteiger partial charge is 0.342 e. The van der Waals surface area contributed by atoms with Crippen molar-refractivity contribution >= 4 is 5.91 Å². The Hall–Kier alpha value is -2.09. The third-order valence-electron chi connectivity index (χ3n) is 3.45. The van der Waals surface area contributed by atoms with Gasteiger partial charge in [-0.25, -0.2) is 0 Å². The Balaban J connectivity index is 3.25. The van der Waals surface area contributed by atoms with Crippen molar-refractivity contribution in [2.24, 2.45) is 0 Å². The Labute approximate surface area is 128 Å². The quantitative estimate of drug-likeness (QED) is 0.650. The normalized spacial score (nSPS) is 12.6. The van der Waals surface area contributed by atoms with E-state index in [1.807, 2.05) is 48.2 Å². The molecule has 0 spiro atoms. The van der Waals surface area contributed by atoms with Gasteiger partial charge in [-0.2, -0.15) is 0 Å². The van der Waals surface area contributed by atoms with Crippen LogP contribution in [0.4, 0.5) is 0 Å². The first kappa shape index (κ1) is 17.0. The van der Waals surface area contributed by atoms with E-state index in [-0.39, 0.29) is 11.8 Å². The van der Waals surface area contributed by atoms with Crippen molar-refractivity contribution in [1.29, 1.82) is 0 Å². The molecule has 112 valence electrons. The number of carbonyl (C=O) groups is 1. The number of rotatable bonds is 8. The van der Waals surface area contributed by atoms with Gasteiger partial charge < -0.3 is 4.90 Å². The molecule has 0 saturated carbocycles. The lowest BCUT2D eigenvalue weighted by molar-refractivity contribution is -0.131. The second-order valence-electron chi connectivity index (χ2n) is 4.87. The number of nitrogens with zero attached hydrogens (tertiary/aromatic N) is 1. The summed E-state index contributed by atoms with van der Waals surface area (Å²) >= 11 is 0. The SMILES string of the molecule is C=C/C=C(\C=C)C(C(=O)N(CC)CCC)c1ccccc1. The Morgan fingerprint density at radius 3 is 2.38 bits per heavy atom. The molecule has 0 aromatic heterocycles. The molecule has 0 aliphatic heterocycles. The first-order chi connectivity index (χ1) is 10.2. The fourth-order valence-corrected chi connectivity index (χ4v) is 2.42. The highest BCUT2D eigenvalue weighted by molar-refractivity contribution is 5.87. The van der Waals surface area contributed by atoms with Gasteiger partial charge in [0.15, 0.2) is 0 Å². The summed E-state index contributed by atoms with van der Waals surface area (Å²) in [5, 5.41) is 0. The number of amides is 1. The van der Waals surface area contributed by atoms with Gasteiger partial charge in [-0.05, 0) is 24.5 Å². The number of hydrogen-bond acceptors (Lipinski definition) is 1. The predicted molar refractivity (Wildman–Crippen MR) is 90.2 cm³/mol. The van der Waals surface area contributed by atoms with Crippen LogP contribution < -0.4 is 0 Å². The maximum absolute atomic E-state index is 12.9. The fraction of sp³-hybridized carbons (Fsp3) is 0.316. The number of hydrogen-bond donors (Lipinski definition) is 0. The van der Waals surface area contributed by atoms with E-state index in [0.717, 1.165) is 24.1 Å². The second kappa shape index (κ2) is 8.96. The minimum absolute atomic E-state index is 0.124. The maximum atomic E-state index is 12.9. The summed E-state index contributed by atoms with van der Waals surface area (Å²) in [6.45, 7) is 13.2. The average Bonchev–Trinajstić information content (AvgIpc) is 2.52. The maximum Gasteiger partial charge on any atom is 0.234 e. The van der Waals surface area contributed by atoms with Crippen LogP contribution in [-0.2, 0) is 4.79 Å². The highest BCUT2D eigenvalue weighted by atomic mass is 16.2. The third-order valence-corrected chi connectivity index (χ3v) is 3.45. The summed E-state index contributed by atoms with van der Waals surface area (Å²) < 4.78 is 0. The number of carbonyl (C=O) groups excluding carboxylic acids is 1. The third kappa shape index (κ3) is 4.45. The molecule has 0 fully saturated rings. The van der Waals surface area contributed by atoms with Crippen molar-refractivity contribution in [2.75, 3.05) is 13.1 Å². The van der Waals surface area contributed by atoms with Crippen LogP contribution in [0.3, 0.4) is 0 Å². The zero-order valence-electron chi connectivity index (χ0n) is 13.1. The summed E-state index contributed by atoms with van der Waals surface area (Å²) in [5.74, 6) is -0.188. The zero-order valence-corrected chi connectivity index (χ0v) is 13.1. The summed E-state index contributed by atoms with van der Waals surface area (Å²) in [6.07, 6.45) is 6.27. The molecule has 0 heterocycles. The predicted octanol–water partition coefficient (Wildman–Crippen LogP) is 4.33. The molecule has 0 radical (unpaired) electrons. The Morgan fingerprint density at radius 1 is 1.24 bits per heavy atom. The Kier molecular flexibility index (Phi) is 7.24. The summed E-state index contributed by atoms with van der Waals surface area (Å²) in [7, 11) is 0. The van der Waals surface area contributed by atoms with E-state index in [1.54, 1.807) is 12.2 Å². The lowest BCUT2D eigenvalue weighted by Gasteiger charge is -2.27. The van der Waals surface area contributed by atoms with Gasteiger partial charge in [-0.1, -0.05) is 68.6 Å². The Bertz CT molecular complexity index is 502. The van der Waals surface area contributed by atoms with Gasteiger partial charge >= 0.3 is 0 Å². The molecule has 2 heteroatoms. The van der Waals surface area contributed by atoms with Gasteiger partial charge in [0.2, 0.25) is 5.91 Å². The van der Waals surface area contributed by atoms with E-state index in [1.165, 1.54) is 0 Å². The first-order valence-corrected chi connectivity index (χ1v) is 7.48. The van der Waals surface area contributed by atoms with Crippen LogP contribution >= 0.6 is 0 Å². The molecular weight excluding hydrogens is 258 g/mol. The molecule has 1 amide bonds. The summed E-state index contributed by atoms with van der Waals surface area (Å²) in [5.41, 5.74) is 1.88. The molecule has 1 unspecified atom stereocenters. The molecule has 21 heavy (non-hydrogen) atoms. The molecule has 0 N–H and O–H groups in total. The highest BCUT2D eigenvalue weighted by Crippen LogP contribution is 2.27. The van der Waals surface area contributed by atoms with E-state index >= 15 is 0 Å². The van der Waals surface area contributed by atoms with E-state index in [0.29, 0.717) is 6.54 Å². The highest BCUT2D eigenvalue weighted by Gasteiger charge is 2.26. The van der Waals surface area contributed by atoms with Gasteiger partial charge in [0.25, 0.3) is 0 Å². The van der Waals surface area contributed by atoms with Crippen LogP contribution in [0.2, 0.25) is 0 Å². The minimum atomic E-state index is -0.312. The van der Waals surface area contributed by atoms with Crippen LogP contribution in [-0.4, -0.2) is 23.9 Å². The minimum Gasteiger partial charge on any atom is -0.342 e. The smallest absolute Gasteiger partial charge is 0.234 e. The van der Waals surface area contributed by atoms with Crippen molar-refractivity contribution < 1.29 is 4.79 Å². The standard InChI is InChI=1S/C19H25NO/c1-5-12-16(7-3)18(17-13-10-9-11-14-17)19(21)20(8-4)15-6-2/h5,7,9-14,18H,1,3,6,8,15H2,2,4H3/b16-12+. The molecule has 0 aliphatic rings. The van der Waals surface area contributed by atoms with Crippen LogP contribution in [0.25, 0.3) is 0 Å². The number of allylic oxidation sites excluding steroid dienone is 3. The first-order valence-electron chi connectivity index (χ1n) is 7.48. The molecule has 1 atom stereocenters. The van der Waals surface area contributed by atoms with E-state index in [2.05, 4.69) is 20.1 Å². The molecular formula is C19H25NO. The van der Waals surface area contributed by atoms with Crippen molar-refractivity contribution in [2.45, 2.75) is 26.2 Å². The van der Waals surface area contributed by atoms with Crippen molar-refractivity contribution in [1.82, 2.24) is 4.90 Å². The number of benzene rings is 1. The molecule has 1 rings (SSSR count). The molecule has 0 aliphatic carbocycles. The van der Waals surface area contributed by atoms with E-state index in [9.17, 15) is 4.79 Å². The average molecular weight is 283 g/mol. The monoisotopic (exact) mass is 283 g/mol. The summed E-state index contributed by atoms with van der Waals surface area (Å²) in [6, 6.07) is 9.85. The zero-order chi connectivity index (χ0) is 15.7. The second-order valence-corrected chi connectivity index (χ2v) is 4.87. The molecule has 0 bridgehead atoms. The lowest BCUT2D eigenvalue weighted by Crippen LogP contribution is -2.36. The van der Waals surface area contributed by atoms with Crippen molar-refractivity contribution in [3.8, 4) is 0 Å². The van der Waals surface area contributed by atoms with Gasteiger partial charge in [0, 0.05) is 13.1 Å². The van der Waals surface area contributed by atoms with Gasteiger partial charge in [0.1, 0.15) is 0 Å². The fourth-order valence-electron chi connectivity index (χ4n) is 2.42. The molecule has 2 nitrogen and oxygen atoms in total. The van der Waals surface area contributed by atoms with E-state index < -0.39 is 0 Å². The molecule has 1 aromatic rings. The lowest BCUT2D eigenvalue weighted by atomic mass is 9.89. The van der Waals surface area contributed by atoms with Gasteiger partial charge in [-0.15, -0.1) is 0 Å². The number of likely N-dealkylation sites (N-methyl/N-ethyl adjacent to an activating group) is 1. The van der Waals surface area contributed by atoms with Gasteiger partial charge in [0.05, 0.1) is 5.92 Å². The van der Waals surface area contributed by atoms with Crippen molar-refractivity contribution in [3.63, 3.8) is 0 Å². The topological polar surface area (TPSA) is 20.3 Å². The van der Waals surface area contributed by atoms with Crippen molar-refractivity contribution in [3.05, 3.63) is 72.9 Å². The summed E-state index contributed by atoms with van der Waals surface area (Å²) in [4.78, 5) is 14.8.